The molecule has 110 valence electrons. The molecule has 6 nitrogen and oxygen atoms in total. The van der Waals surface area contributed by atoms with E-state index in [1.54, 1.807) is 24.0 Å². The van der Waals surface area contributed by atoms with Gasteiger partial charge in [0.25, 0.3) is 11.8 Å². The van der Waals surface area contributed by atoms with Crippen molar-refractivity contribution in [3.8, 4) is 0 Å². The van der Waals surface area contributed by atoms with Gasteiger partial charge in [0.2, 0.25) is 0 Å². The van der Waals surface area contributed by atoms with E-state index in [1.165, 1.54) is 0 Å². The summed E-state index contributed by atoms with van der Waals surface area (Å²) in [5.74, 6) is -0.560. The van der Waals surface area contributed by atoms with E-state index >= 15 is 0 Å². The Bertz CT molecular complexity index is 493. The highest BCUT2D eigenvalue weighted by Crippen LogP contribution is 2.18. The average molecular weight is 297 g/mol. The monoisotopic (exact) mass is 297 g/mol. The van der Waals surface area contributed by atoms with Crippen molar-refractivity contribution in [2.24, 2.45) is 5.73 Å². The third-order valence-corrected chi connectivity index (χ3v) is 4.33. The van der Waals surface area contributed by atoms with Crippen molar-refractivity contribution in [2.45, 2.75) is 13.0 Å². The maximum absolute atomic E-state index is 12.3. The molecule has 0 saturated carbocycles. The van der Waals surface area contributed by atoms with E-state index in [9.17, 15) is 14.7 Å². The maximum Gasteiger partial charge on any atom is 0.264 e. The van der Waals surface area contributed by atoms with Gasteiger partial charge in [0.1, 0.15) is 0 Å². The first kappa shape index (κ1) is 15.0. The first-order valence-corrected chi connectivity index (χ1v) is 7.38. The minimum Gasteiger partial charge on any atom is -0.392 e. The number of carbonyl (C=O) groups is 2. The minimum atomic E-state index is -0.504. The molecule has 0 aliphatic carbocycles. The van der Waals surface area contributed by atoms with Crippen molar-refractivity contribution in [1.82, 2.24) is 9.80 Å². The van der Waals surface area contributed by atoms with Gasteiger partial charge in [-0.3, -0.25) is 14.5 Å². The number of nitrogens with zero attached hydrogens (tertiary/aromatic N) is 2. The van der Waals surface area contributed by atoms with Crippen molar-refractivity contribution in [3.05, 3.63) is 21.9 Å². The molecule has 2 heterocycles. The Morgan fingerprint density at radius 2 is 1.90 bits per heavy atom. The second-order valence-corrected chi connectivity index (χ2v) is 6.05. The number of aliphatic hydroxyl groups is 1. The van der Waals surface area contributed by atoms with Crippen LogP contribution in [0.5, 0.6) is 0 Å². The lowest BCUT2D eigenvalue weighted by molar-refractivity contribution is 0.0558. The topological polar surface area (TPSA) is 86.9 Å². The van der Waals surface area contributed by atoms with E-state index in [4.69, 9.17) is 5.73 Å². The maximum atomic E-state index is 12.3. The fourth-order valence-corrected chi connectivity index (χ4v) is 3.07. The summed E-state index contributed by atoms with van der Waals surface area (Å²) in [6, 6.07) is 3.24. The molecule has 2 amide bonds. The van der Waals surface area contributed by atoms with Crippen LogP contribution in [0.15, 0.2) is 12.1 Å². The first-order valence-electron chi connectivity index (χ1n) is 6.56. The zero-order valence-corrected chi connectivity index (χ0v) is 12.2. The van der Waals surface area contributed by atoms with Crippen LogP contribution >= 0.6 is 11.3 Å². The third kappa shape index (κ3) is 3.56. The Kier molecular flexibility index (Phi) is 4.74. The fraction of sp³-hybridized carbons (Fsp3) is 0.538. The summed E-state index contributed by atoms with van der Waals surface area (Å²) < 4.78 is 0. The zero-order valence-electron chi connectivity index (χ0n) is 11.4. The summed E-state index contributed by atoms with van der Waals surface area (Å²) in [5, 5.41) is 9.35. The van der Waals surface area contributed by atoms with Gasteiger partial charge in [-0.2, -0.15) is 0 Å². The third-order valence-electron chi connectivity index (χ3n) is 3.24. The summed E-state index contributed by atoms with van der Waals surface area (Å²) in [6.45, 7) is 5.17. The Morgan fingerprint density at radius 1 is 1.30 bits per heavy atom. The summed E-state index contributed by atoms with van der Waals surface area (Å²) in [6.07, 6.45) is -0.354. The Hall–Kier alpha value is -1.44. The molecule has 1 aromatic rings. The summed E-state index contributed by atoms with van der Waals surface area (Å²) in [7, 11) is 0. The smallest absolute Gasteiger partial charge is 0.264 e. The lowest BCUT2D eigenvalue weighted by Gasteiger charge is -2.35. The Balaban J connectivity index is 1.92. The number of piperazine rings is 1. The van der Waals surface area contributed by atoms with Crippen LogP contribution in [-0.4, -0.2) is 65.5 Å². The molecule has 1 aliphatic rings. The molecule has 0 aromatic carbocycles. The number of β-amino-alcohol motifs (C(OH)–C–C–N with tert-alkyl or cyclic N) is 1. The van der Waals surface area contributed by atoms with E-state index in [0.717, 1.165) is 24.4 Å². The van der Waals surface area contributed by atoms with Crippen LogP contribution in [0, 0.1) is 0 Å². The summed E-state index contributed by atoms with van der Waals surface area (Å²) in [5.41, 5.74) is 5.19. The second-order valence-electron chi connectivity index (χ2n) is 4.97. The molecule has 20 heavy (non-hydrogen) atoms. The van der Waals surface area contributed by atoms with E-state index in [-0.39, 0.29) is 12.0 Å². The van der Waals surface area contributed by atoms with Gasteiger partial charge in [-0.15, -0.1) is 11.3 Å². The minimum absolute atomic E-state index is 0.0563. The second kappa shape index (κ2) is 6.34. The molecule has 1 aliphatic heterocycles. The number of aliphatic hydroxyl groups excluding tert-OH is 1. The summed E-state index contributed by atoms with van der Waals surface area (Å²) >= 11 is 1.13. The normalized spacial score (nSPS) is 18.0. The van der Waals surface area contributed by atoms with Gasteiger partial charge in [0, 0.05) is 32.7 Å². The van der Waals surface area contributed by atoms with Gasteiger partial charge in [-0.05, 0) is 19.1 Å². The number of thiophene rings is 1. The Labute approximate surface area is 121 Å². The van der Waals surface area contributed by atoms with Crippen molar-refractivity contribution < 1.29 is 14.7 Å². The van der Waals surface area contributed by atoms with Crippen LogP contribution in [0.2, 0.25) is 0 Å². The molecule has 1 saturated heterocycles. The SMILES string of the molecule is C[C@@H](O)CN1CCN(C(=O)c2ccc(C(N)=O)s2)CC1. The van der Waals surface area contributed by atoms with Crippen LogP contribution < -0.4 is 5.73 Å². The van der Waals surface area contributed by atoms with E-state index in [2.05, 4.69) is 4.90 Å². The zero-order chi connectivity index (χ0) is 14.7. The van der Waals surface area contributed by atoms with Crippen molar-refractivity contribution in [1.29, 1.82) is 0 Å². The predicted octanol–water partition coefficient (Wildman–Crippen LogP) is -0.0144. The van der Waals surface area contributed by atoms with Crippen LogP contribution in [0.4, 0.5) is 0 Å². The molecular formula is C13H19N3O3S. The number of amides is 2. The van der Waals surface area contributed by atoms with Gasteiger partial charge < -0.3 is 15.7 Å². The van der Waals surface area contributed by atoms with E-state index in [1.807, 2.05) is 0 Å². The number of primary amides is 1. The number of rotatable bonds is 4. The lowest BCUT2D eigenvalue weighted by Crippen LogP contribution is -2.50. The number of hydrogen-bond acceptors (Lipinski definition) is 5. The molecule has 7 heteroatoms. The molecule has 2 rings (SSSR count). The van der Waals surface area contributed by atoms with Gasteiger partial charge in [-0.1, -0.05) is 0 Å². The van der Waals surface area contributed by atoms with Crippen molar-refractivity contribution in [2.75, 3.05) is 32.7 Å². The molecule has 0 radical (unpaired) electrons. The average Bonchev–Trinajstić information content (AvgIpc) is 2.88. The molecule has 0 bridgehead atoms. The van der Waals surface area contributed by atoms with E-state index < -0.39 is 5.91 Å². The highest BCUT2D eigenvalue weighted by molar-refractivity contribution is 7.15. The van der Waals surface area contributed by atoms with Gasteiger partial charge in [0.05, 0.1) is 15.9 Å². The quantitative estimate of drug-likeness (QED) is 0.818. The van der Waals surface area contributed by atoms with Gasteiger partial charge >= 0.3 is 0 Å². The largest absolute Gasteiger partial charge is 0.392 e. The standard InChI is InChI=1S/C13H19N3O3S/c1-9(17)8-15-4-6-16(7-5-15)13(19)11-3-2-10(20-11)12(14)18/h2-3,9,17H,4-8H2,1H3,(H2,14,18)/t9-/m1/s1. The van der Waals surface area contributed by atoms with Crippen LogP contribution in [0.25, 0.3) is 0 Å². The van der Waals surface area contributed by atoms with Crippen molar-refractivity contribution in [3.63, 3.8) is 0 Å². The van der Waals surface area contributed by atoms with E-state index in [0.29, 0.717) is 29.4 Å². The summed E-state index contributed by atoms with van der Waals surface area (Å²) in [4.78, 5) is 28.2. The molecular weight excluding hydrogens is 278 g/mol. The van der Waals surface area contributed by atoms with Crippen molar-refractivity contribution >= 4 is 23.2 Å². The fourth-order valence-electron chi connectivity index (χ4n) is 2.25. The van der Waals surface area contributed by atoms with Crippen LogP contribution in [-0.2, 0) is 0 Å². The van der Waals surface area contributed by atoms with Crippen LogP contribution in [0.3, 0.4) is 0 Å². The number of hydrogen-bond donors (Lipinski definition) is 2. The van der Waals surface area contributed by atoms with Gasteiger partial charge in [-0.25, -0.2) is 0 Å². The molecule has 1 fully saturated rings. The number of nitrogens with two attached hydrogens (primary N) is 1. The Morgan fingerprint density at radius 3 is 2.40 bits per heavy atom. The molecule has 0 unspecified atom stereocenters. The van der Waals surface area contributed by atoms with Crippen LogP contribution in [0.1, 0.15) is 26.3 Å². The molecule has 3 N–H and O–H groups in total. The number of carbonyl (C=O) groups excluding carboxylic acids is 2. The first-order chi connectivity index (χ1) is 9.47. The molecule has 1 aromatic heterocycles. The highest BCUT2D eigenvalue weighted by Gasteiger charge is 2.24. The highest BCUT2D eigenvalue weighted by atomic mass is 32.1. The molecule has 0 spiro atoms. The van der Waals surface area contributed by atoms with Gasteiger partial charge in [0.15, 0.2) is 0 Å². The molecule has 1 atom stereocenters. The predicted molar refractivity (Wildman–Crippen MR) is 76.9 cm³/mol. The lowest BCUT2D eigenvalue weighted by atomic mass is 10.2.